The van der Waals surface area contributed by atoms with Crippen molar-refractivity contribution >= 4 is 31.6 Å². The van der Waals surface area contributed by atoms with E-state index in [9.17, 15) is 21.4 Å². The number of anilines is 2. The molecule has 0 amide bonds. The van der Waals surface area contributed by atoms with Gasteiger partial charge in [0.05, 0.1) is 16.7 Å². The lowest BCUT2D eigenvalue weighted by Crippen LogP contribution is -2.40. The molecule has 0 bridgehead atoms. The second kappa shape index (κ2) is 9.68. The number of allylic oxidation sites excluding steroid dienone is 2. The van der Waals surface area contributed by atoms with Crippen LogP contribution in [-0.4, -0.2) is 44.3 Å². The molecule has 3 N–H and O–H groups in total. The summed E-state index contributed by atoms with van der Waals surface area (Å²) >= 11 is 0. The maximum atomic E-state index is 11.7. The van der Waals surface area contributed by atoms with Crippen LogP contribution in [0.2, 0.25) is 0 Å². The van der Waals surface area contributed by atoms with Gasteiger partial charge in [-0.15, -0.1) is 0 Å². The summed E-state index contributed by atoms with van der Waals surface area (Å²) in [4.78, 5) is 1.80. The fourth-order valence-electron chi connectivity index (χ4n) is 4.07. The van der Waals surface area contributed by atoms with Crippen LogP contribution in [0.5, 0.6) is 0 Å². The number of rotatable bonds is 9. The van der Waals surface area contributed by atoms with Crippen molar-refractivity contribution in [1.82, 2.24) is 0 Å². The minimum Gasteiger partial charge on any atom is -0.364 e. The molecule has 0 radical (unpaired) electrons. The maximum absolute atomic E-state index is 11.7. The molecule has 8 nitrogen and oxygen atoms in total. The highest BCUT2D eigenvalue weighted by atomic mass is 32.2. The lowest BCUT2D eigenvalue weighted by Gasteiger charge is -2.32. The van der Waals surface area contributed by atoms with Crippen LogP contribution in [-0.2, 0) is 25.7 Å². The monoisotopic (exact) mass is 492 g/mol. The number of fused-ring (bicyclic) bond motifs is 1. The van der Waals surface area contributed by atoms with Crippen LogP contribution in [0.4, 0.5) is 11.4 Å². The fraction of sp³-hybridized carbons (Fsp3) is 0.304. The highest BCUT2D eigenvalue weighted by Crippen LogP contribution is 2.46. The van der Waals surface area contributed by atoms with E-state index in [1.165, 1.54) is 12.1 Å². The average Bonchev–Trinajstić information content (AvgIpc) is 2.93. The van der Waals surface area contributed by atoms with E-state index in [1.54, 1.807) is 12.3 Å². The SMILES string of the molecule is CC1(C)c2cc(S(=O)(=O)O)ccc2N(CCCS(=O)(=O)O)C1C=CC=CNc1ccccc1. The molecule has 1 aliphatic heterocycles. The quantitative estimate of drug-likeness (QED) is 0.356. The third-order valence-electron chi connectivity index (χ3n) is 5.67. The number of hydrogen-bond donors (Lipinski definition) is 3. The van der Waals surface area contributed by atoms with Crippen LogP contribution < -0.4 is 10.2 Å². The van der Waals surface area contributed by atoms with Crippen molar-refractivity contribution in [1.29, 1.82) is 0 Å². The van der Waals surface area contributed by atoms with E-state index in [1.807, 2.05) is 67.3 Å². The number of nitrogens with one attached hydrogen (secondary N) is 1. The van der Waals surface area contributed by atoms with Gasteiger partial charge in [0.15, 0.2) is 0 Å². The molecule has 10 heteroatoms. The van der Waals surface area contributed by atoms with Crippen LogP contribution >= 0.6 is 0 Å². The van der Waals surface area contributed by atoms with E-state index in [0.29, 0.717) is 6.54 Å². The summed E-state index contributed by atoms with van der Waals surface area (Å²) in [6.45, 7) is 4.26. The van der Waals surface area contributed by atoms with Gasteiger partial charge in [0.1, 0.15) is 0 Å². The van der Waals surface area contributed by atoms with Crippen LogP contribution in [0.15, 0.2) is 77.9 Å². The Bertz CT molecular complexity index is 1250. The normalized spacial score (nSPS) is 18.2. The molecule has 2 aromatic rings. The lowest BCUT2D eigenvalue weighted by atomic mass is 9.80. The Morgan fingerprint density at radius 3 is 2.36 bits per heavy atom. The van der Waals surface area contributed by atoms with Gasteiger partial charge < -0.3 is 10.2 Å². The summed E-state index contributed by atoms with van der Waals surface area (Å²) in [6.07, 6.45) is 7.66. The van der Waals surface area contributed by atoms with Gasteiger partial charge in [-0.2, -0.15) is 16.8 Å². The zero-order valence-corrected chi connectivity index (χ0v) is 20.1. The lowest BCUT2D eigenvalue weighted by molar-refractivity contribution is 0.466. The maximum Gasteiger partial charge on any atom is 0.294 e. The molecular formula is C23H28N2O6S2. The zero-order chi connectivity index (χ0) is 24.3. The second-order valence-electron chi connectivity index (χ2n) is 8.41. The van der Waals surface area contributed by atoms with Crippen molar-refractivity contribution < 1.29 is 25.9 Å². The first-order chi connectivity index (χ1) is 15.4. The standard InChI is InChI=1S/C23H28N2O6S2/c1-23(2)20-17-19(33(29,30)31)12-13-21(20)25(15-8-16-32(26,27)28)22(23)11-6-7-14-24-18-9-4-3-5-10-18/h3-7,9-14,17,22,24H,8,15-16H2,1-2H3,(H,26,27,28)(H,29,30,31). The van der Waals surface area contributed by atoms with Crippen LogP contribution in [0.3, 0.4) is 0 Å². The first-order valence-corrected chi connectivity index (χ1v) is 13.4. The van der Waals surface area contributed by atoms with Gasteiger partial charge in [-0.25, -0.2) is 0 Å². The predicted octanol–water partition coefficient (Wildman–Crippen LogP) is 3.86. The van der Waals surface area contributed by atoms with E-state index in [4.69, 9.17) is 4.55 Å². The summed E-state index contributed by atoms with van der Waals surface area (Å²) < 4.78 is 64.3. The van der Waals surface area contributed by atoms with Gasteiger partial charge in [-0.1, -0.05) is 44.2 Å². The average molecular weight is 493 g/mol. The molecule has 33 heavy (non-hydrogen) atoms. The first-order valence-electron chi connectivity index (χ1n) is 10.4. The molecule has 0 saturated carbocycles. The van der Waals surface area contributed by atoms with E-state index in [-0.39, 0.29) is 23.1 Å². The Morgan fingerprint density at radius 2 is 1.73 bits per heavy atom. The van der Waals surface area contributed by atoms with Crippen molar-refractivity contribution in [3.05, 3.63) is 78.5 Å². The van der Waals surface area contributed by atoms with Gasteiger partial charge in [-0.3, -0.25) is 9.11 Å². The highest BCUT2D eigenvalue weighted by Gasteiger charge is 2.43. The molecule has 0 aromatic heterocycles. The Balaban J connectivity index is 1.87. The Labute approximate surface area is 195 Å². The number of hydrogen-bond acceptors (Lipinski definition) is 6. The fourth-order valence-corrected chi connectivity index (χ4v) is 5.07. The molecule has 1 unspecified atom stereocenters. The molecule has 0 fully saturated rings. The molecular weight excluding hydrogens is 464 g/mol. The molecule has 2 aromatic carbocycles. The molecule has 178 valence electrons. The Morgan fingerprint density at radius 1 is 1.03 bits per heavy atom. The predicted molar refractivity (Wildman–Crippen MR) is 130 cm³/mol. The minimum atomic E-state index is -4.36. The molecule has 1 aliphatic rings. The smallest absolute Gasteiger partial charge is 0.294 e. The number of para-hydroxylation sites is 1. The molecule has 0 saturated heterocycles. The van der Waals surface area contributed by atoms with Crippen molar-refractivity contribution in [2.75, 3.05) is 22.5 Å². The van der Waals surface area contributed by atoms with E-state index < -0.39 is 25.7 Å². The Hall–Kier alpha value is -2.66. The van der Waals surface area contributed by atoms with Gasteiger partial charge in [0.2, 0.25) is 0 Å². The van der Waals surface area contributed by atoms with Gasteiger partial charge in [-0.05, 0) is 48.4 Å². The van der Waals surface area contributed by atoms with Gasteiger partial charge in [0.25, 0.3) is 20.2 Å². The van der Waals surface area contributed by atoms with E-state index in [2.05, 4.69) is 5.32 Å². The first kappa shape index (κ1) is 25.0. The molecule has 0 aliphatic carbocycles. The van der Waals surface area contributed by atoms with Crippen molar-refractivity contribution in [3.8, 4) is 0 Å². The van der Waals surface area contributed by atoms with E-state index in [0.717, 1.165) is 16.9 Å². The highest BCUT2D eigenvalue weighted by molar-refractivity contribution is 7.86. The summed E-state index contributed by atoms with van der Waals surface area (Å²) in [7, 11) is -8.46. The van der Waals surface area contributed by atoms with E-state index >= 15 is 0 Å². The summed E-state index contributed by atoms with van der Waals surface area (Å²) in [5.41, 5.74) is 1.89. The summed E-state index contributed by atoms with van der Waals surface area (Å²) in [5, 5.41) is 3.16. The summed E-state index contributed by atoms with van der Waals surface area (Å²) in [6, 6.07) is 13.9. The third kappa shape index (κ3) is 6.23. The van der Waals surface area contributed by atoms with Crippen LogP contribution in [0.1, 0.15) is 25.8 Å². The summed E-state index contributed by atoms with van der Waals surface area (Å²) in [5.74, 6) is -0.375. The zero-order valence-electron chi connectivity index (χ0n) is 18.4. The van der Waals surface area contributed by atoms with Crippen molar-refractivity contribution in [2.45, 2.75) is 36.6 Å². The molecule has 0 spiro atoms. The van der Waals surface area contributed by atoms with Gasteiger partial charge >= 0.3 is 0 Å². The number of benzene rings is 2. The number of nitrogens with zero attached hydrogens (tertiary/aromatic N) is 1. The molecule has 3 rings (SSSR count). The van der Waals surface area contributed by atoms with Crippen molar-refractivity contribution in [2.24, 2.45) is 0 Å². The second-order valence-corrected chi connectivity index (χ2v) is 11.4. The van der Waals surface area contributed by atoms with Crippen LogP contribution in [0.25, 0.3) is 0 Å². The molecule has 1 heterocycles. The third-order valence-corrected chi connectivity index (χ3v) is 7.32. The molecule has 1 atom stereocenters. The van der Waals surface area contributed by atoms with Gasteiger partial charge in [0, 0.05) is 29.5 Å². The topological polar surface area (TPSA) is 124 Å². The van der Waals surface area contributed by atoms with Crippen LogP contribution in [0, 0.1) is 0 Å². The minimum absolute atomic E-state index is 0.191. The Kier molecular flexibility index (Phi) is 7.32. The van der Waals surface area contributed by atoms with Crippen molar-refractivity contribution in [3.63, 3.8) is 0 Å². The largest absolute Gasteiger partial charge is 0.364 e.